The van der Waals surface area contributed by atoms with E-state index in [1.165, 1.54) is 24.5 Å². The molecule has 0 radical (unpaired) electrons. The summed E-state index contributed by atoms with van der Waals surface area (Å²) in [5, 5.41) is 20.8. The average Bonchev–Trinajstić information content (AvgIpc) is 3.25. The number of hydrogen-bond donors (Lipinski definition) is 1. The lowest BCUT2D eigenvalue weighted by molar-refractivity contribution is -0.112. The van der Waals surface area contributed by atoms with Crippen molar-refractivity contribution in [1.29, 1.82) is 5.26 Å². The monoisotopic (exact) mass is 456 g/mol. The van der Waals surface area contributed by atoms with Crippen LogP contribution >= 0.6 is 11.3 Å². The van der Waals surface area contributed by atoms with Gasteiger partial charge in [0.25, 0.3) is 5.91 Å². The number of ether oxygens (including phenoxy) is 2. The molecular weight excluding hydrogens is 438 g/mol. The number of methoxy groups -OCH3 is 1. The van der Waals surface area contributed by atoms with Crippen molar-refractivity contribution in [2.24, 2.45) is 0 Å². The Bertz CT molecular complexity index is 1200. The van der Waals surface area contributed by atoms with E-state index in [0.717, 1.165) is 23.2 Å². The molecule has 1 amide bonds. The van der Waals surface area contributed by atoms with Crippen LogP contribution in [-0.4, -0.2) is 23.2 Å². The Morgan fingerprint density at radius 1 is 1.22 bits per heavy atom. The Morgan fingerprint density at radius 3 is 2.72 bits per heavy atom. The van der Waals surface area contributed by atoms with Crippen LogP contribution in [0.4, 0.5) is 13.9 Å². The molecule has 3 rings (SSSR count). The maximum Gasteiger partial charge on any atom is 0.268 e. The molecule has 1 aromatic heterocycles. The van der Waals surface area contributed by atoms with Gasteiger partial charge in [-0.25, -0.2) is 8.78 Å². The second kappa shape index (κ2) is 10.5. The number of nitriles is 1. The molecule has 0 saturated carbocycles. The number of aromatic nitrogens is 2. The highest BCUT2D eigenvalue weighted by Gasteiger charge is 2.14. The Morgan fingerprint density at radius 2 is 2.03 bits per heavy atom. The predicted octanol–water partition coefficient (Wildman–Crippen LogP) is 4.51. The van der Waals surface area contributed by atoms with Gasteiger partial charge in [0.2, 0.25) is 5.13 Å². The molecule has 0 spiro atoms. The second-order valence-electron chi connectivity index (χ2n) is 6.41. The molecular formula is C22H18F2N4O3S. The zero-order chi connectivity index (χ0) is 23.1. The first-order chi connectivity index (χ1) is 15.4. The summed E-state index contributed by atoms with van der Waals surface area (Å²) in [6, 6.07) is 9.67. The Hall–Kier alpha value is -3.84. The first-order valence-corrected chi connectivity index (χ1v) is 10.3. The number of carbonyl (C=O) groups is 1. The molecule has 1 heterocycles. The standard InChI is InChI=1S/C22H18F2N4O3S/c1-3-20-27-28-22(32-20)26-21(29)14(11-25)8-13-4-7-18(19(9-13)30-2)31-12-15-10-16(23)5-6-17(15)24/h4-10H,3,12H2,1-2H3,(H,26,28,29). The van der Waals surface area contributed by atoms with Crippen molar-refractivity contribution in [3.8, 4) is 17.6 Å². The van der Waals surface area contributed by atoms with Crippen LogP contribution in [0.3, 0.4) is 0 Å². The molecule has 0 bridgehead atoms. The zero-order valence-corrected chi connectivity index (χ0v) is 18.0. The predicted molar refractivity (Wildman–Crippen MR) is 115 cm³/mol. The van der Waals surface area contributed by atoms with E-state index in [4.69, 9.17) is 9.47 Å². The van der Waals surface area contributed by atoms with E-state index >= 15 is 0 Å². The average molecular weight is 456 g/mol. The first kappa shape index (κ1) is 22.8. The summed E-state index contributed by atoms with van der Waals surface area (Å²) in [7, 11) is 1.41. The summed E-state index contributed by atoms with van der Waals surface area (Å²) in [5.41, 5.74) is 0.419. The fourth-order valence-corrected chi connectivity index (χ4v) is 3.30. The second-order valence-corrected chi connectivity index (χ2v) is 7.48. The number of benzene rings is 2. The third-order valence-electron chi connectivity index (χ3n) is 4.24. The first-order valence-electron chi connectivity index (χ1n) is 9.43. The van der Waals surface area contributed by atoms with Gasteiger partial charge in [0, 0.05) is 5.56 Å². The van der Waals surface area contributed by atoms with Crippen LogP contribution < -0.4 is 14.8 Å². The minimum Gasteiger partial charge on any atom is -0.493 e. The van der Waals surface area contributed by atoms with Crippen molar-refractivity contribution in [2.45, 2.75) is 20.0 Å². The van der Waals surface area contributed by atoms with Crippen molar-refractivity contribution in [3.05, 3.63) is 69.7 Å². The molecule has 0 fully saturated rings. The van der Waals surface area contributed by atoms with Crippen LogP contribution in [0.15, 0.2) is 42.0 Å². The minimum atomic E-state index is -0.618. The van der Waals surface area contributed by atoms with E-state index in [9.17, 15) is 18.8 Å². The largest absolute Gasteiger partial charge is 0.493 e. The number of anilines is 1. The lowest BCUT2D eigenvalue weighted by atomic mass is 10.1. The highest BCUT2D eigenvalue weighted by Crippen LogP contribution is 2.30. The van der Waals surface area contributed by atoms with Gasteiger partial charge in [-0.2, -0.15) is 5.26 Å². The Labute approximate surface area is 186 Å². The quantitative estimate of drug-likeness (QED) is 0.396. The number of halogens is 2. The Balaban J connectivity index is 1.75. The van der Waals surface area contributed by atoms with Crippen molar-refractivity contribution in [3.63, 3.8) is 0 Å². The topological polar surface area (TPSA) is 97.1 Å². The molecule has 164 valence electrons. The molecule has 0 aliphatic carbocycles. The maximum atomic E-state index is 13.8. The number of rotatable bonds is 8. The Kier molecular flexibility index (Phi) is 7.46. The van der Waals surface area contributed by atoms with Crippen LogP contribution in [0.25, 0.3) is 6.08 Å². The van der Waals surface area contributed by atoms with Crippen LogP contribution in [0, 0.1) is 23.0 Å². The van der Waals surface area contributed by atoms with E-state index in [1.807, 2.05) is 13.0 Å². The molecule has 0 saturated heterocycles. The molecule has 10 heteroatoms. The van der Waals surface area contributed by atoms with Gasteiger partial charge in [-0.1, -0.05) is 24.3 Å². The summed E-state index contributed by atoms with van der Waals surface area (Å²) < 4.78 is 38.0. The van der Waals surface area contributed by atoms with Crippen LogP contribution in [0.5, 0.6) is 11.5 Å². The van der Waals surface area contributed by atoms with E-state index in [0.29, 0.717) is 22.9 Å². The third kappa shape index (κ3) is 5.65. The zero-order valence-electron chi connectivity index (χ0n) is 17.2. The smallest absolute Gasteiger partial charge is 0.268 e. The molecule has 32 heavy (non-hydrogen) atoms. The van der Waals surface area contributed by atoms with E-state index in [-0.39, 0.29) is 23.5 Å². The fraction of sp³-hybridized carbons (Fsp3) is 0.182. The number of hydrogen-bond acceptors (Lipinski definition) is 7. The van der Waals surface area contributed by atoms with Gasteiger partial charge in [-0.3, -0.25) is 10.1 Å². The van der Waals surface area contributed by atoms with E-state index in [2.05, 4.69) is 15.5 Å². The number of carbonyl (C=O) groups excluding carboxylic acids is 1. The maximum absolute atomic E-state index is 13.8. The highest BCUT2D eigenvalue weighted by atomic mass is 32.1. The molecule has 2 aromatic carbocycles. The van der Waals surface area contributed by atoms with Crippen LogP contribution in [0.2, 0.25) is 0 Å². The van der Waals surface area contributed by atoms with Crippen molar-refractivity contribution >= 4 is 28.5 Å². The molecule has 1 N–H and O–H groups in total. The molecule has 0 aliphatic heterocycles. The SMILES string of the molecule is CCc1nnc(NC(=O)C(C#N)=Cc2ccc(OCc3cc(F)ccc3F)c(OC)c2)s1. The summed E-state index contributed by atoms with van der Waals surface area (Å²) >= 11 is 1.23. The lowest BCUT2D eigenvalue weighted by Gasteiger charge is -2.12. The number of amides is 1. The number of aryl methyl sites for hydroxylation is 1. The number of nitrogens with one attached hydrogen (secondary N) is 1. The summed E-state index contributed by atoms with van der Waals surface area (Å²) in [6.45, 7) is 1.71. The fourth-order valence-electron chi connectivity index (χ4n) is 2.63. The van der Waals surface area contributed by atoms with E-state index in [1.54, 1.807) is 18.2 Å². The molecule has 7 nitrogen and oxygen atoms in total. The van der Waals surface area contributed by atoms with Gasteiger partial charge in [0.1, 0.15) is 34.9 Å². The molecule has 0 atom stereocenters. The third-order valence-corrected chi connectivity index (χ3v) is 5.23. The normalized spacial score (nSPS) is 11.0. The minimum absolute atomic E-state index is 0.0578. The summed E-state index contributed by atoms with van der Waals surface area (Å²) in [6.07, 6.45) is 2.07. The van der Waals surface area contributed by atoms with Gasteiger partial charge >= 0.3 is 0 Å². The van der Waals surface area contributed by atoms with Gasteiger partial charge in [-0.15, -0.1) is 10.2 Å². The van der Waals surface area contributed by atoms with Crippen molar-refractivity contribution in [1.82, 2.24) is 10.2 Å². The van der Waals surface area contributed by atoms with Gasteiger partial charge < -0.3 is 9.47 Å². The lowest BCUT2D eigenvalue weighted by Crippen LogP contribution is -2.13. The summed E-state index contributed by atoms with van der Waals surface area (Å²) in [4.78, 5) is 12.4. The summed E-state index contributed by atoms with van der Waals surface area (Å²) in [5.74, 6) is -1.19. The number of nitrogens with zero attached hydrogens (tertiary/aromatic N) is 3. The van der Waals surface area contributed by atoms with Gasteiger partial charge in [-0.05, 0) is 48.4 Å². The molecule has 0 aliphatic rings. The highest BCUT2D eigenvalue weighted by molar-refractivity contribution is 7.15. The van der Waals surface area contributed by atoms with Crippen molar-refractivity contribution in [2.75, 3.05) is 12.4 Å². The molecule has 3 aromatic rings. The van der Waals surface area contributed by atoms with Crippen LogP contribution in [0.1, 0.15) is 23.1 Å². The van der Waals surface area contributed by atoms with Gasteiger partial charge in [0.05, 0.1) is 7.11 Å². The molecule has 0 unspecified atom stereocenters. The van der Waals surface area contributed by atoms with Crippen molar-refractivity contribution < 1.29 is 23.0 Å². The van der Waals surface area contributed by atoms with Gasteiger partial charge in [0.15, 0.2) is 11.5 Å². The van der Waals surface area contributed by atoms with E-state index < -0.39 is 17.5 Å². The van der Waals surface area contributed by atoms with Crippen LogP contribution in [-0.2, 0) is 17.8 Å².